The van der Waals surface area contributed by atoms with Gasteiger partial charge < -0.3 is 21.0 Å². The third-order valence-electron chi connectivity index (χ3n) is 3.14. The van der Waals surface area contributed by atoms with Crippen molar-refractivity contribution < 1.29 is 14.7 Å². The number of hydrogen-bond acceptors (Lipinski definition) is 4. The lowest BCUT2D eigenvalue weighted by Crippen LogP contribution is -2.25. The fourth-order valence-electron chi connectivity index (χ4n) is 2.10. The van der Waals surface area contributed by atoms with Crippen LogP contribution in [0.15, 0.2) is 29.4 Å². The van der Waals surface area contributed by atoms with Crippen LogP contribution in [0.2, 0.25) is 0 Å². The number of carbonyl (C=O) groups is 1. The molecule has 0 radical (unpaired) electrons. The van der Waals surface area contributed by atoms with Crippen molar-refractivity contribution in [3.8, 4) is 0 Å². The zero-order chi connectivity index (χ0) is 13.8. The van der Waals surface area contributed by atoms with Crippen LogP contribution in [-0.2, 0) is 9.53 Å². The third-order valence-corrected chi connectivity index (χ3v) is 3.14. The van der Waals surface area contributed by atoms with Gasteiger partial charge in [0.05, 0.1) is 24.3 Å². The van der Waals surface area contributed by atoms with Gasteiger partial charge in [-0.15, -0.1) is 0 Å². The van der Waals surface area contributed by atoms with Crippen LogP contribution in [0.4, 0.5) is 5.69 Å². The highest BCUT2D eigenvalue weighted by Crippen LogP contribution is 2.22. The number of para-hydroxylation sites is 1. The van der Waals surface area contributed by atoms with Crippen molar-refractivity contribution in [3.63, 3.8) is 0 Å². The summed E-state index contributed by atoms with van der Waals surface area (Å²) in [5.41, 5.74) is 6.59. The van der Waals surface area contributed by atoms with Crippen molar-refractivity contribution in [1.29, 1.82) is 0 Å². The monoisotopic (exact) mass is 263 g/mol. The van der Waals surface area contributed by atoms with Gasteiger partial charge in [0.15, 0.2) is 5.84 Å². The van der Waals surface area contributed by atoms with Gasteiger partial charge in [-0.05, 0) is 25.5 Å². The number of anilines is 1. The molecule has 0 bridgehead atoms. The molecule has 0 saturated carbocycles. The van der Waals surface area contributed by atoms with E-state index < -0.39 is 0 Å². The zero-order valence-corrected chi connectivity index (χ0v) is 10.7. The molecule has 1 aliphatic heterocycles. The highest BCUT2D eigenvalue weighted by molar-refractivity contribution is 6.05. The van der Waals surface area contributed by atoms with Gasteiger partial charge in [0.2, 0.25) is 5.91 Å². The lowest BCUT2D eigenvalue weighted by Gasteiger charge is -2.12. The Morgan fingerprint density at radius 1 is 1.53 bits per heavy atom. The molecule has 1 aromatic rings. The summed E-state index contributed by atoms with van der Waals surface area (Å²) in [7, 11) is 0. The van der Waals surface area contributed by atoms with Crippen molar-refractivity contribution in [2.45, 2.75) is 19.4 Å². The van der Waals surface area contributed by atoms with Gasteiger partial charge in [0.25, 0.3) is 0 Å². The van der Waals surface area contributed by atoms with E-state index in [1.54, 1.807) is 24.3 Å². The molecular weight excluding hydrogens is 246 g/mol. The molecule has 0 spiro atoms. The fraction of sp³-hybridized carbons (Fsp3) is 0.385. The molecule has 0 aromatic heterocycles. The number of nitrogens with one attached hydrogen (secondary N) is 1. The first-order valence-electron chi connectivity index (χ1n) is 6.11. The lowest BCUT2D eigenvalue weighted by molar-refractivity contribution is -0.119. The van der Waals surface area contributed by atoms with Crippen molar-refractivity contribution in [2.75, 3.05) is 11.9 Å². The standard InChI is InChI=1S/C13H17N3O3/c1-8-6-9(7-19-8)13(17)15-11-5-3-2-4-10(11)12(14)16-18/h2-5,8-9,18H,6-7H2,1H3,(H2,14,16)(H,15,17). The molecule has 1 aliphatic rings. The Balaban J connectivity index is 2.13. The number of amides is 1. The molecule has 0 aliphatic carbocycles. The summed E-state index contributed by atoms with van der Waals surface area (Å²) in [5.74, 6) is -0.301. The average molecular weight is 263 g/mol. The van der Waals surface area contributed by atoms with E-state index in [0.717, 1.165) is 0 Å². The molecule has 2 rings (SSSR count). The van der Waals surface area contributed by atoms with E-state index in [2.05, 4.69) is 10.5 Å². The van der Waals surface area contributed by atoms with E-state index in [9.17, 15) is 4.79 Å². The smallest absolute Gasteiger partial charge is 0.229 e. The van der Waals surface area contributed by atoms with Gasteiger partial charge in [0.1, 0.15) is 0 Å². The molecule has 1 aromatic carbocycles. The van der Waals surface area contributed by atoms with Crippen LogP contribution < -0.4 is 11.1 Å². The summed E-state index contributed by atoms with van der Waals surface area (Å²) in [6.07, 6.45) is 0.812. The second-order valence-electron chi connectivity index (χ2n) is 4.60. The molecule has 1 heterocycles. The van der Waals surface area contributed by atoms with Gasteiger partial charge >= 0.3 is 0 Å². The number of benzene rings is 1. The first kappa shape index (κ1) is 13.4. The minimum absolute atomic E-state index is 0.0352. The molecule has 1 saturated heterocycles. The number of oxime groups is 1. The summed E-state index contributed by atoms with van der Waals surface area (Å²) >= 11 is 0. The molecule has 2 atom stereocenters. The van der Waals surface area contributed by atoms with Crippen LogP contribution in [0.1, 0.15) is 18.9 Å². The quantitative estimate of drug-likeness (QED) is 0.330. The minimum Gasteiger partial charge on any atom is -0.409 e. The summed E-state index contributed by atoms with van der Waals surface area (Å²) in [6.45, 7) is 2.37. The summed E-state index contributed by atoms with van der Waals surface area (Å²) in [6, 6.07) is 6.92. The van der Waals surface area contributed by atoms with E-state index in [1.807, 2.05) is 6.92 Å². The molecule has 102 valence electrons. The Bertz CT molecular complexity index is 502. The van der Waals surface area contributed by atoms with Crippen LogP contribution in [0, 0.1) is 5.92 Å². The van der Waals surface area contributed by atoms with Crippen molar-refractivity contribution in [2.24, 2.45) is 16.8 Å². The van der Waals surface area contributed by atoms with E-state index in [0.29, 0.717) is 24.3 Å². The number of nitrogens with two attached hydrogens (primary N) is 1. The molecule has 2 unspecified atom stereocenters. The van der Waals surface area contributed by atoms with Gasteiger partial charge in [-0.25, -0.2) is 0 Å². The van der Waals surface area contributed by atoms with Crippen LogP contribution in [0.25, 0.3) is 0 Å². The Morgan fingerprint density at radius 2 is 2.26 bits per heavy atom. The maximum atomic E-state index is 12.1. The van der Waals surface area contributed by atoms with Crippen molar-refractivity contribution >= 4 is 17.4 Å². The largest absolute Gasteiger partial charge is 0.409 e. The molecule has 6 heteroatoms. The molecule has 4 N–H and O–H groups in total. The van der Waals surface area contributed by atoms with E-state index in [1.165, 1.54) is 0 Å². The number of carbonyl (C=O) groups excluding carboxylic acids is 1. The molecule has 6 nitrogen and oxygen atoms in total. The number of ether oxygens (including phenoxy) is 1. The maximum Gasteiger partial charge on any atom is 0.229 e. The predicted octanol–water partition coefficient (Wildman–Crippen LogP) is 1.14. The Kier molecular flexibility index (Phi) is 4.01. The van der Waals surface area contributed by atoms with Gasteiger partial charge in [-0.2, -0.15) is 0 Å². The fourth-order valence-corrected chi connectivity index (χ4v) is 2.10. The first-order valence-corrected chi connectivity index (χ1v) is 6.11. The topological polar surface area (TPSA) is 96.9 Å². The Labute approximate surface area is 111 Å². The van der Waals surface area contributed by atoms with Crippen LogP contribution in [0.5, 0.6) is 0 Å². The van der Waals surface area contributed by atoms with E-state index in [-0.39, 0.29) is 23.8 Å². The predicted molar refractivity (Wildman–Crippen MR) is 71.1 cm³/mol. The first-order chi connectivity index (χ1) is 9.11. The highest BCUT2D eigenvalue weighted by Gasteiger charge is 2.28. The van der Waals surface area contributed by atoms with Crippen LogP contribution >= 0.6 is 0 Å². The lowest BCUT2D eigenvalue weighted by atomic mass is 10.0. The number of nitrogens with zero attached hydrogens (tertiary/aromatic N) is 1. The molecule has 1 amide bonds. The maximum absolute atomic E-state index is 12.1. The van der Waals surface area contributed by atoms with Gasteiger partial charge in [-0.3, -0.25) is 4.79 Å². The Hall–Kier alpha value is -2.08. The van der Waals surface area contributed by atoms with Gasteiger partial charge in [0, 0.05) is 5.56 Å². The number of amidine groups is 1. The second-order valence-corrected chi connectivity index (χ2v) is 4.60. The van der Waals surface area contributed by atoms with Crippen molar-refractivity contribution in [1.82, 2.24) is 0 Å². The number of rotatable bonds is 3. The van der Waals surface area contributed by atoms with Crippen LogP contribution in [-0.4, -0.2) is 29.7 Å². The summed E-state index contributed by atoms with van der Waals surface area (Å²) < 4.78 is 5.37. The normalized spacial score (nSPS) is 23.3. The highest BCUT2D eigenvalue weighted by atomic mass is 16.5. The summed E-state index contributed by atoms with van der Waals surface area (Å²) in [4.78, 5) is 12.1. The average Bonchev–Trinajstić information content (AvgIpc) is 2.85. The Morgan fingerprint density at radius 3 is 2.89 bits per heavy atom. The molecule has 19 heavy (non-hydrogen) atoms. The summed E-state index contributed by atoms with van der Waals surface area (Å²) in [5, 5.41) is 14.5. The van der Waals surface area contributed by atoms with Gasteiger partial charge in [-0.1, -0.05) is 17.3 Å². The molecular formula is C13H17N3O3. The van der Waals surface area contributed by atoms with E-state index >= 15 is 0 Å². The van der Waals surface area contributed by atoms with E-state index in [4.69, 9.17) is 15.7 Å². The van der Waals surface area contributed by atoms with Crippen molar-refractivity contribution in [3.05, 3.63) is 29.8 Å². The van der Waals surface area contributed by atoms with Crippen LogP contribution in [0.3, 0.4) is 0 Å². The minimum atomic E-state index is -0.157. The molecule has 1 fully saturated rings. The zero-order valence-electron chi connectivity index (χ0n) is 10.7. The third kappa shape index (κ3) is 3.03. The number of hydrogen-bond donors (Lipinski definition) is 3. The second kappa shape index (κ2) is 5.71. The SMILES string of the molecule is CC1CC(C(=O)Nc2ccccc2/C(N)=N/O)CO1.